The molecule has 26 atom stereocenters. The lowest BCUT2D eigenvalue weighted by atomic mass is 9.44. The maximum absolute atomic E-state index is 11.5. The first-order valence-corrected chi connectivity index (χ1v) is 23.3. The van der Waals surface area contributed by atoms with Crippen LogP contribution >= 0.6 is 0 Å². The predicted octanol–water partition coefficient (Wildman–Crippen LogP) is -0.521. The largest absolute Gasteiger partial charge is 0.394 e. The van der Waals surface area contributed by atoms with Crippen LogP contribution in [0.1, 0.15) is 91.9 Å². The number of fused-ring (bicyclic) bond motifs is 7. The van der Waals surface area contributed by atoms with Crippen LogP contribution in [0.3, 0.4) is 0 Å². The molecule has 17 heteroatoms. The van der Waals surface area contributed by atoms with Crippen LogP contribution in [0.15, 0.2) is 0 Å². The van der Waals surface area contributed by atoms with Crippen LogP contribution in [0.2, 0.25) is 0 Å². The van der Waals surface area contributed by atoms with Crippen molar-refractivity contribution in [2.45, 2.75) is 196 Å². The van der Waals surface area contributed by atoms with Crippen molar-refractivity contribution >= 4 is 0 Å². The van der Waals surface area contributed by atoms with Crippen LogP contribution in [0, 0.1) is 52.3 Å². The van der Waals surface area contributed by atoms with E-state index in [0.717, 1.165) is 45.1 Å². The Labute approximate surface area is 358 Å². The molecule has 5 aliphatic heterocycles. The van der Waals surface area contributed by atoms with E-state index in [4.69, 9.17) is 33.2 Å². The summed E-state index contributed by atoms with van der Waals surface area (Å²) in [6.07, 6.45) is -11.0. The normalized spacial score (nSPS) is 58.5. The van der Waals surface area contributed by atoms with Crippen LogP contribution < -0.4 is 5.32 Å². The van der Waals surface area contributed by atoms with Gasteiger partial charge in [0.1, 0.15) is 72.9 Å². The highest BCUT2D eigenvalue weighted by Gasteiger charge is 2.69. The SMILES string of the molecule is CC1C2C(C[C@H]3[C@@H]4CC[C@H]5C[C@@H](O[C@@H]6O[C@H](CO)[C@H](O[C@@H]7O[C@H](CO)[C@@H](O)[C@H](O)[C@H]7O[C@@H]7OC[C@@H](O)[C@H](O)[C@H]7O)[C@H](O)[C@H]6O)CC[C@]5(C)[C@H]4CC[C@]23C)OC12CC[C@@H](C)CN2. The zero-order valence-electron chi connectivity index (χ0n) is 36.1. The fourth-order valence-corrected chi connectivity index (χ4v) is 14.6. The molecule has 4 saturated carbocycles. The first kappa shape index (κ1) is 45.5. The van der Waals surface area contributed by atoms with Crippen LogP contribution in [0.4, 0.5) is 0 Å². The summed E-state index contributed by atoms with van der Waals surface area (Å²) in [5.41, 5.74) is 0.274. The molecular weight excluding hydrogens is 798 g/mol. The van der Waals surface area contributed by atoms with Gasteiger partial charge in [-0.2, -0.15) is 0 Å². The minimum Gasteiger partial charge on any atom is -0.394 e. The summed E-state index contributed by atoms with van der Waals surface area (Å²) in [5, 5.41) is 99.4. The van der Waals surface area contributed by atoms with Crippen molar-refractivity contribution in [1.82, 2.24) is 5.32 Å². The Kier molecular flexibility index (Phi) is 12.8. The molecule has 4 aliphatic carbocycles. The second-order valence-electron chi connectivity index (χ2n) is 21.2. The number of nitrogens with one attached hydrogen (secondary N) is 1. The fraction of sp³-hybridized carbons (Fsp3) is 1.00. The smallest absolute Gasteiger partial charge is 0.187 e. The standard InChI is InChI=1S/C44H73NO16/c1-19-7-12-44(45-15-19)20(2)30-27(61-44)14-25-23-6-5-21-13-22(8-10-42(21,3)24(23)9-11-43(25,30)4)56-40-36(54)34(52)37(29(17-47)58-40)59-41-38(33(51)32(50)28(16-46)57-41)60-39-35(53)31(49)26(48)18-55-39/h19-41,45-54H,5-18H2,1-4H3/t19-,20?,21+,22+,23-,24+,25+,26-,27?,28-,29-,30?,31+,32-,33+,34-,35-,36-,37+,38-,39+,40-,41+,42+,43+,44?/m1/s1. The van der Waals surface area contributed by atoms with Gasteiger partial charge in [0.15, 0.2) is 18.9 Å². The fourth-order valence-electron chi connectivity index (χ4n) is 14.6. The maximum Gasteiger partial charge on any atom is 0.187 e. The average Bonchev–Trinajstić information content (AvgIpc) is 3.69. The molecule has 0 aromatic rings. The summed E-state index contributed by atoms with van der Waals surface area (Å²) in [4.78, 5) is 0. The van der Waals surface area contributed by atoms with Gasteiger partial charge in [0, 0.05) is 12.5 Å². The van der Waals surface area contributed by atoms with Crippen molar-refractivity contribution in [3.63, 3.8) is 0 Å². The third-order valence-electron chi connectivity index (χ3n) is 18.1. The minimum absolute atomic E-state index is 0.161. The Morgan fingerprint density at radius 3 is 2.05 bits per heavy atom. The van der Waals surface area contributed by atoms with Gasteiger partial charge in [-0.15, -0.1) is 0 Å². The summed E-state index contributed by atoms with van der Waals surface area (Å²) >= 11 is 0. The molecule has 10 N–H and O–H groups in total. The van der Waals surface area contributed by atoms with Gasteiger partial charge in [-0.05, 0) is 111 Å². The topological polar surface area (TPSA) is 259 Å². The molecule has 5 heterocycles. The van der Waals surface area contributed by atoms with Crippen LogP contribution in [-0.2, 0) is 33.2 Å². The van der Waals surface area contributed by atoms with Crippen molar-refractivity contribution in [2.75, 3.05) is 26.4 Å². The van der Waals surface area contributed by atoms with Crippen molar-refractivity contribution in [3.05, 3.63) is 0 Å². The van der Waals surface area contributed by atoms with Gasteiger partial charge >= 0.3 is 0 Å². The number of hydrogen-bond donors (Lipinski definition) is 10. The van der Waals surface area contributed by atoms with Crippen molar-refractivity contribution in [2.24, 2.45) is 52.3 Å². The second kappa shape index (κ2) is 17.2. The van der Waals surface area contributed by atoms with Crippen LogP contribution in [0.5, 0.6) is 0 Å². The van der Waals surface area contributed by atoms with E-state index in [-0.39, 0.29) is 22.7 Å². The van der Waals surface area contributed by atoms with E-state index in [1.165, 1.54) is 25.7 Å². The molecule has 4 unspecified atom stereocenters. The molecule has 350 valence electrons. The van der Waals surface area contributed by atoms with Crippen molar-refractivity contribution in [3.8, 4) is 0 Å². The molecule has 0 aromatic carbocycles. The Morgan fingerprint density at radius 2 is 1.33 bits per heavy atom. The summed E-state index contributed by atoms with van der Waals surface area (Å²) in [5.74, 6) is 4.15. The first-order chi connectivity index (χ1) is 29.0. The van der Waals surface area contributed by atoms with Gasteiger partial charge in [-0.25, -0.2) is 0 Å². The summed E-state index contributed by atoms with van der Waals surface area (Å²) in [6, 6.07) is 0. The lowest BCUT2D eigenvalue weighted by molar-refractivity contribution is -0.385. The minimum atomic E-state index is -1.79. The molecule has 61 heavy (non-hydrogen) atoms. The van der Waals surface area contributed by atoms with E-state index in [9.17, 15) is 46.0 Å². The predicted molar refractivity (Wildman–Crippen MR) is 212 cm³/mol. The third-order valence-corrected chi connectivity index (χ3v) is 18.1. The zero-order valence-corrected chi connectivity index (χ0v) is 36.1. The van der Waals surface area contributed by atoms with Gasteiger partial charge in [0.05, 0.1) is 32.0 Å². The van der Waals surface area contributed by atoms with Gasteiger partial charge in [-0.3, -0.25) is 5.32 Å². The zero-order chi connectivity index (χ0) is 43.3. The average molecular weight is 872 g/mol. The molecule has 0 radical (unpaired) electrons. The number of ether oxygens (including phenoxy) is 7. The Hall–Kier alpha value is -0.680. The summed E-state index contributed by atoms with van der Waals surface area (Å²) in [7, 11) is 0. The number of aliphatic hydroxyl groups is 9. The van der Waals surface area contributed by atoms with Crippen molar-refractivity contribution in [1.29, 1.82) is 0 Å². The van der Waals surface area contributed by atoms with Crippen LogP contribution in [0.25, 0.3) is 0 Å². The van der Waals surface area contributed by atoms with E-state index >= 15 is 0 Å². The van der Waals surface area contributed by atoms with Gasteiger partial charge in [0.2, 0.25) is 0 Å². The maximum atomic E-state index is 11.5. The van der Waals surface area contributed by atoms with E-state index < -0.39 is 106 Å². The number of aliphatic hydroxyl groups excluding tert-OH is 9. The van der Waals surface area contributed by atoms with E-state index in [1.54, 1.807) is 0 Å². The molecule has 9 fully saturated rings. The third kappa shape index (κ3) is 7.58. The Morgan fingerprint density at radius 1 is 0.639 bits per heavy atom. The van der Waals surface area contributed by atoms with Gasteiger partial charge in [-0.1, -0.05) is 27.7 Å². The van der Waals surface area contributed by atoms with Gasteiger partial charge < -0.3 is 79.1 Å². The Balaban J connectivity index is 0.830. The molecular formula is C44H73NO16. The lowest BCUT2D eigenvalue weighted by Crippen LogP contribution is -2.66. The quantitative estimate of drug-likeness (QED) is 0.138. The highest BCUT2D eigenvalue weighted by molar-refractivity contribution is 5.16. The first-order valence-electron chi connectivity index (χ1n) is 23.3. The second-order valence-corrected chi connectivity index (χ2v) is 21.2. The molecule has 9 aliphatic rings. The van der Waals surface area contributed by atoms with E-state index in [1.807, 2.05) is 0 Å². The molecule has 9 rings (SSSR count). The van der Waals surface area contributed by atoms with E-state index in [2.05, 4.69) is 33.0 Å². The van der Waals surface area contributed by atoms with Crippen LogP contribution in [-0.4, -0.2) is 176 Å². The molecule has 0 amide bonds. The number of rotatable bonds is 8. The monoisotopic (exact) mass is 871 g/mol. The summed E-state index contributed by atoms with van der Waals surface area (Å²) < 4.78 is 42.5. The van der Waals surface area contributed by atoms with E-state index in [0.29, 0.717) is 47.5 Å². The molecule has 17 nitrogen and oxygen atoms in total. The van der Waals surface area contributed by atoms with Gasteiger partial charge in [0.25, 0.3) is 0 Å². The number of piperidine rings is 1. The molecule has 0 bridgehead atoms. The molecule has 5 saturated heterocycles. The van der Waals surface area contributed by atoms with Crippen molar-refractivity contribution < 1.29 is 79.1 Å². The Bertz CT molecular complexity index is 1520. The highest BCUT2D eigenvalue weighted by atomic mass is 16.8. The lowest BCUT2D eigenvalue weighted by Gasteiger charge is -2.61. The molecule has 1 spiro atoms. The summed E-state index contributed by atoms with van der Waals surface area (Å²) in [6.45, 7) is 9.10. The highest BCUT2D eigenvalue weighted by Crippen LogP contribution is 2.71. The number of hydrogen-bond acceptors (Lipinski definition) is 17. The molecule has 0 aromatic heterocycles.